The van der Waals surface area contributed by atoms with Crippen molar-refractivity contribution < 1.29 is 13.2 Å². The first-order valence-corrected chi connectivity index (χ1v) is 7.50. The minimum absolute atomic E-state index is 0.189. The highest BCUT2D eigenvalue weighted by molar-refractivity contribution is 5.51. The van der Waals surface area contributed by atoms with Gasteiger partial charge in [-0.15, -0.1) is 0 Å². The van der Waals surface area contributed by atoms with Gasteiger partial charge in [-0.1, -0.05) is 26.3 Å². The van der Waals surface area contributed by atoms with Gasteiger partial charge in [0.25, 0.3) is 0 Å². The maximum absolute atomic E-state index is 12.9. The van der Waals surface area contributed by atoms with Gasteiger partial charge in [0.05, 0.1) is 5.56 Å². The van der Waals surface area contributed by atoms with Crippen LogP contribution in [0.25, 0.3) is 0 Å². The fraction of sp³-hybridized carbons (Fsp3) is 0.625. The van der Waals surface area contributed by atoms with Gasteiger partial charge in [-0.2, -0.15) is 13.2 Å². The molecule has 118 valence electrons. The first-order valence-electron chi connectivity index (χ1n) is 7.50. The molecule has 1 aromatic rings. The van der Waals surface area contributed by atoms with E-state index in [1.165, 1.54) is 12.1 Å². The molecule has 0 aromatic heterocycles. The Hall–Kier alpha value is -1.23. The highest BCUT2D eigenvalue weighted by Crippen LogP contribution is 2.32. The zero-order valence-electron chi connectivity index (χ0n) is 12.7. The van der Waals surface area contributed by atoms with Crippen LogP contribution in [-0.4, -0.2) is 25.2 Å². The van der Waals surface area contributed by atoms with E-state index in [-0.39, 0.29) is 6.04 Å². The summed E-state index contributed by atoms with van der Waals surface area (Å²) < 4.78 is 38.6. The smallest absolute Gasteiger partial charge is 0.366 e. The molecule has 1 aliphatic rings. The molecule has 0 amide bonds. The van der Waals surface area contributed by atoms with Crippen LogP contribution in [0.2, 0.25) is 0 Å². The van der Waals surface area contributed by atoms with Crippen molar-refractivity contribution in [2.45, 2.75) is 45.5 Å². The molecule has 1 aliphatic heterocycles. The molecule has 0 saturated carbocycles. The van der Waals surface area contributed by atoms with Gasteiger partial charge < -0.3 is 10.2 Å². The minimum atomic E-state index is -4.29. The van der Waals surface area contributed by atoms with E-state index in [2.05, 4.69) is 24.1 Å². The number of hydrogen-bond acceptors (Lipinski definition) is 2. The van der Waals surface area contributed by atoms with E-state index in [0.717, 1.165) is 25.6 Å². The Bertz CT molecular complexity index is 473. The molecule has 0 aliphatic carbocycles. The van der Waals surface area contributed by atoms with Crippen molar-refractivity contribution in [2.75, 3.05) is 18.0 Å². The van der Waals surface area contributed by atoms with Gasteiger partial charge in [-0.05, 0) is 31.0 Å². The predicted octanol–water partition coefficient (Wildman–Crippen LogP) is 3.92. The number of alkyl halides is 3. The first kappa shape index (κ1) is 16.1. The second kappa shape index (κ2) is 6.26. The third kappa shape index (κ3) is 3.70. The molecule has 0 spiro atoms. The zero-order chi connectivity index (χ0) is 15.6. The lowest BCUT2D eigenvalue weighted by Crippen LogP contribution is -2.57. The fourth-order valence-electron chi connectivity index (χ4n) is 2.77. The number of nitrogens with one attached hydrogen (secondary N) is 1. The minimum Gasteiger partial charge on any atom is -0.366 e. The Labute approximate surface area is 124 Å². The van der Waals surface area contributed by atoms with Crippen LogP contribution in [0.15, 0.2) is 24.3 Å². The molecule has 3 atom stereocenters. The number of halogens is 3. The van der Waals surface area contributed by atoms with E-state index >= 15 is 0 Å². The van der Waals surface area contributed by atoms with Gasteiger partial charge in [-0.25, -0.2) is 0 Å². The maximum Gasteiger partial charge on any atom is 0.416 e. The van der Waals surface area contributed by atoms with Crippen LogP contribution in [-0.2, 0) is 6.18 Å². The fourth-order valence-corrected chi connectivity index (χ4v) is 2.77. The van der Waals surface area contributed by atoms with Gasteiger partial charge in [-0.3, -0.25) is 0 Å². The molecule has 0 radical (unpaired) electrons. The van der Waals surface area contributed by atoms with Crippen LogP contribution in [0, 0.1) is 5.92 Å². The Kier molecular flexibility index (Phi) is 4.81. The number of nitrogens with zero attached hydrogens (tertiary/aromatic N) is 1. The normalized spacial score (nSPS) is 25.0. The molecule has 0 bridgehead atoms. The highest BCUT2D eigenvalue weighted by atomic mass is 19.4. The Morgan fingerprint density at radius 3 is 2.71 bits per heavy atom. The van der Waals surface area contributed by atoms with E-state index in [1.54, 1.807) is 6.07 Å². The summed E-state index contributed by atoms with van der Waals surface area (Å²) in [5, 5.41) is 3.50. The maximum atomic E-state index is 12.9. The Morgan fingerprint density at radius 2 is 2.10 bits per heavy atom. The van der Waals surface area contributed by atoms with Gasteiger partial charge in [0.2, 0.25) is 0 Å². The van der Waals surface area contributed by atoms with Crippen molar-refractivity contribution in [2.24, 2.45) is 5.92 Å². The lowest BCUT2D eigenvalue weighted by molar-refractivity contribution is -0.137. The van der Waals surface area contributed by atoms with E-state index in [0.29, 0.717) is 17.6 Å². The van der Waals surface area contributed by atoms with E-state index in [4.69, 9.17) is 0 Å². The molecule has 1 fully saturated rings. The number of benzene rings is 1. The lowest BCUT2D eigenvalue weighted by atomic mass is 9.95. The molecule has 1 saturated heterocycles. The third-order valence-corrected chi connectivity index (χ3v) is 4.44. The van der Waals surface area contributed by atoms with E-state index in [1.807, 2.05) is 6.92 Å². The Balaban J connectivity index is 2.23. The van der Waals surface area contributed by atoms with Gasteiger partial charge in [0, 0.05) is 30.9 Å². The lowest BCUT2D eigenvalue weighted by Gasteiger charge is -2.42. The van der Waals surface area contributed by atoms with Crippen molar-refractivity contribution >= 4 is 5.69 Å². The van der Waals surface area contributed by atoms with Crippen molar-refractivity contribution in [1.82, 2.24) is 5.32 Å². The van der Waals surface area contributed by atoms with E-state index in [9.17, 15) is 13.2 Å². The summed E-state index contributed by atoms with van der Waals surface area (Å²) in [5.74, 6) is 0.505. The standard InChI is InChI=1S/C16H23F3N2/c1-4-11(2)15-10-21(12(3)9-20-15)14-7-5-6-13(8-14)16(17,18)19/h5-8,11-12,15,20H,4,9-10H2,1-3H3. The SMILES string of the molecule is CCC(C)C1CN(c2cccc(C(F)(F)F)c2)C(C)CN1. The number of anilines is 1. The van der Waals surface area contributed by atoms with Crippen molar-refractivity contribution in [3.8, 4) is 0 Å². The van der Waals surface area contributed by atoms with Crippen LogP contribution < -0.4 is 10.2 Å². The summed E-state index contributed by atoms with van der Waals surface area (Å²) in [7, 11) is 0. The molecule has 1 aromatic carbocycles. The number of rotatable bonds is 3. The van der Waals surface area contributed by atoms with Gasteiger partial charge >= 0.3 is 6.18 Å². The molecule has 2 nitrogen and oxygen atoms in total. The average Bonchev–Trinajstić information content (AvgIpc) is 2.46. The summed E-state index contributed by atoms with van der Waals surface area (Å²) in [6.45, 7) is 7.90. The van der Waals surface area contributed by atoms with Crippen molar-refractivity contribution in [1.29, 1.82) is 0 Å². The second-order valence-electron chi connectivity index (χ2n) is 5.95. The number of hydrogen-bond donors (Lipinski definition) is 1. The van der Waals surface area contributed by atoms with Gasteiger partial charge in [0.1, 0.15) is 0 Å². The summed E-state index contributed by atoms with van der Waals surface area (Å²) in [4.78, 5) is 2.09. The second-order valence-corrected chi connectivity index (χ2v) is 5.95. The monoisotopic (exact) mass is 300 g/mol. The highest BCUT2D eigenvalue weighted by Gasteiger charge is 2.32. The summed E-state index contributed by atoms with van der Waals surface area (Å²) in [6.07, 6.45) is -3.23. The summed E-state index contributed by atoms with van der Waals surface area (Å²) in [5.41, 5.74) is 0.0814. The van der Waals surface area contributed by atoms with Crippen LogP contribution in [0.3, 0.4) is 0 Å². The largest absolute Gasteiger partial charge is 0.416 e. The molecular weight excluding hydrogens is 277 g/mol. The third-order valence-electron chi connectivity index (χ3n) is 4.44. The number of piperazine rings is 1. The Morgan fingerprint density at radius 1 is 1.38 bits per heavy atom. The van der Waals surface area contributed by atoms with Crippen molar-refractivity contribution in [3.05, 3.63) is 29.8 Å². The topological polar surface area (TPSA) is 15.3 Å². The zero-order valence-corrected chi connectivity index (χ0v) is 12.7. The molecule has 1 N–H and O–H groups in total. The van der Waals surface area contributed by atoms with Crippen LogP contribution >= 0.6 is 0 Å². The summed E-state index contributed by atoms with van der Waals surface area (Å²) in [6, 6.07) is 6.16. The molecule has 3 unspecified atom stereocenters. The quantitative estimate of drug-likeness (QED) is 0.910. The molecular formula is C16H23F3N2. The van der Waals surface area contributed by atoms with E-state index < -0.39 is 11.7 Å². The molecule has 1 heterocycles. The first-order chi connectivity index (χ1) is 9.82. The molecule has 5 heteroatoms. The van der Waals surface area contributed by atoms with Gasteiger partial charge in [0.15, 0.2) is 0 Å². The van der Waals surface area contributed by atoms with Crippen LogP contribution in [0.5, 0.6) is 0 Å². The average molecular weight is 300 g/mol. The predicted molar refractivity (Wildman–Crippen MR) is 79.5 cm³/mol. The van der Waals surface area contributed by atoms with Crippen LogP contribution in [0.4, 0.5) is 18.9 Å². The van der Waals surface area contributed by atoms with Crippen molar-refractivity contribution in [3.63, 3.8) is 0 Å². The molecule has 21 heavy (non-hydrogen) atoms. The van der Waals surface area contributed by atoms with Crippen LogP contribution in [0.1, 0.15) is 32.8 Å². The molecule has 2 rings (SSSR count). The summed E-state index contributed by atoms with van der Waals surface area (Å²) >= 11 is 0.